The zero-order valence-corrected chi connectivity index (χ0v) is 15.0. The molecule has 24 heavy (non-hydrogen) atoms. The topological polar surface area (TPSA) is 21.3 Å². The number of hydrogen-bond donors (Lipinski definition) is 1. The van der Waals surface area contributed by atoms with E-state index in [1.807, 2.05) is 6.07 Å². The number of fused-ring (bicyclic) bond motifs is 3. The average molecular weight is 418 g/mol. The normalized spacial score (nSPS) is 26.4. The number of thiophene rings is 1. The van der Waals surface area contributed by atoms with Gasteiger partial charge in [0.2, 0.25) is 0 Å². The molecule has 0 spiro atoms. The fourth-order valence-electron chi connectivity index (χ4n) is 3.62. The summed E-state index contributed by atoms with van der Waals surface area (Å²) >= 11 is 5.14. The van der Waals surface area contributed by atoms with E-state index in [4.69, 9.17) is 4.74 Å². The van der Waals surface area contributed by atoms with Crippen molar-refractivity contribution in [3.05, 3.63) is 50.1 Å². The molecule has 0 aliphatic carbocycles. The number of hydrogen-bond acceptors (Lipinski definition) is 3. The van der Waals surface area contributed by atoms with Gasteiger partial charge in [-0.15, -0.1) is 11.3 Å². The predicted octanol–water partition coefficient (Wildman–Crippen LogP) is 6.16. The third-order valence-electron chi connectivity index (χ3n) is 4.69. The van der Waals surface area contributed by atoms with E-state index in [1.54, 1.807) is 11.3 Å². The summed E-state index contributed by atoms with van der Waals surface area (Å²) in [4.78, 5) is 1.17. The van der Waals surface area contributed by atoms with Gasteiger partial charge in [0.1, 0.15) is 0 Å². The molecule has 0 amide bonds. The van der Waals surface area contributed by atoms with E-state index < -0.39 is 11.7 Å². The second-order valence-electron chi connectivity index (χ2n) is 6.16. The molecule has 1 aromatic carbocycles. The van der Waals surface area contributed by atoms with Crippen LogP contribution in [0.3, 0.4) is 0 Å². The molecule has 0 bridgehead atoms. The maximum Gasteiger partial charge on any atom is 0.416 e. The number of nitrogens with one attached hydrogen (secondary N) is 1. The quantitative estimate of drug-likeness (QED) is 0.599. The monoisotopic (exact) mass is 417 g/mol. The van der Waals surface area contributed by atoms with E-state index in [9.17, 15) is 13.2 Å². The number of rotatable bonds is 1. The highest BCUT2D eigenvalue weighted by Gasteiger charge is 2.42. The molecule has 2 aliphatic heterocycles. The summed E-state index contributed by atoms with van der Waals surface area (Å²) in [5, 5.41) is 3.45. The van der Waals surface area contributed by atoms with E-state index in [2.05, 4.69) is 27.3 Å². The van der Waals surface area contributed by atoms with E-state index in [1.165, 1.54) is 17.0 Å². The minimum atomic E-state index is -4.34. The Morgan fingerprint density at radius 1 is 1.21 bits per heavy atom. The standard InChI is InChI=1S/C17H15BrF3NOS/c18-14-6-5-13(24-14)15-10-2-1-7-23-16(10)11-8-9(17(19,20)21)3-4-12(11)22-15/h3-6,8,10,15-16,22H,1-2,7H2/t10-,15?,16-/m0/s1. The molecule has 1 N–H and O–H groups in total. The van der Waals surface area contributed by atoms with Gasteiger partial charge < -0.3 is 10.1 Å². The molecule has 1 fully saturated rings. The van der Waals surface area contributed by atoms with Crippen LogP contribution in [-0.4, -0.2) is 6.61 Å². The van der Waals surface area contributed by atoms with Crippen molar-refractivity contribution in [2.45, 2.75) is 31.2 Å². The maximum absolute atomic E-state index is 13.1. The van der Waals surface area contributed by atoms with Crippen molar-refractivity contribution in [2.24, 2.45) is 5.92 Å². The fraction of sp³-hybridized carbons (Fsp3) is 0.412. The molecule has 2 aliphatic rings. The van der Waals surface area contributed by atoms with Crippen LogP contribution in [0.4, 0.5) is 18.9 Å². The van der Waals surface area contributed by atoms with Crippen LogP contribution in [0.2, 0.25) is 0 Å². The Balaban J connectivity index is 1.77. The van der Waals surface area contributed by atoms with Crippen molar-refractivity contribution in [1.29, 1.82) is 0 Å². The minimum absolute atomic E-state index is 0.0656. The third-order valence-corrected chi connectivity index (χ3v) is 6.40. The van der Waals surface area contributed by atoms with Gasteiger partial charge in [-0.2, -0.15) is 13.2 Å². The minimum Gasteiger partial charge on any atom is -0.377 e. The summed E-state index contributed by atoms with van der Waals surface area (Å²) in [5.41, 5.74) is 0.746. The Morgan fingerprint density at radius 2 is 2.04 bits per heavy atom. The number of alkyl halides is 3. The first-order valence-corrected chi connectivity index (χ1v) is 9.39. The Bertz CT molecular complexity index is 761. The summed E-state index contributed by atoms with van der Waals surface area (Å²) in [6, 6.07) is 8.04. The van der Waals surface area contributed by atoms with Crippen LogP contribution in [0.15, 0.2) is 34.1 Å². The van der Waals surface area contributed by atoms with Crippen molar-refractivity contribution < 1.29 is 17.9 Å². The van der Waals surface area contributed by atoms with Gasteiger partial charge >= 0.3 is 6.18 Å². The van der Waals surface area contributed by atoms with E-state index >= 15 is 0 Å². The van der Waals surface area contributed by atoms with Gasteiger partial charge in [0.25, 0.3) is 0 Å². The molecule has 0 saturated carbocycles. The lowest BCUT2D eigenvalue weighted by Gasteiger charge is -2.43. The second kappa shape index (κ2) is 6.04. The molecule has 4 rings (SSSR count). The predicted molar refractivity (Wildman–Crippen MR) is 91.2 cm³/mol. The van der Waals surface area contributed by atoms with Gasteiger partial charge in [0, 0.05) is 28.7 Å². The highest BCUT2D eigenvalue weighted by atomic mass is 79.9. The Labute approximate surface area is 150 Å². The molecule has 1 saturated heterocycles. The highest BCUT2D eigenvalue weighted by Crippen LogP contribution is 2.51. The molecule has 7 heteroatoms. The molecule has 2 nitrogen and oxygen atoms in total. The van der Waals surface area contributed by atoms with Gasteiger partial charge in [-0.3, -0.25) is 0 Å². The van der Waals surface area contributed by atoms with Gasteiger partial charge in [0.15, 0.2) is 0 Å². The fourth-order valence-corrected chi connectivity index (χ4v) is 5.18. The average Bonchev–Trinajstić information content (AvgIpc) is 2.99. The number of anilines is 1. The van der Waals surface area contributed by atoms with Gasteiger partial charge in [0.05, 0.1) is 21.5 Å². The summed E-state index contributed by atoms with van der Waals surface area (Å²) in [5.74, 6) is 0.139. The first-order valence-electron chi connectivity index (χ1n) is 7.78. The second-order valence-corrected chi connectivity index (χ2v) is 8.66. The van der Waals surface area contributed by atoms with Crippen molar-refractivity contribution >= 4 is 33.0 Å². The van der Waals surface area contributed by atoms with E-state index in [0.717, 1.165) is 28.4 Å². The SMILES string of the molecule is FC(F)(F)c1ccc2c(c1)[C@H]1OCCC[C@H]1C(c1ccc(Br)s1)N2. The molecule has 1 unspecified atom stereocenters. The lowest BCUT2D eigenvalue weighted by molar-refractivity contribution is -0.137. The van der Waals surface area contributed by atoms with Gasteiger partial charge in [-0.1, -0.05) is 0 Å². The van der Waals surface area contributed by atoms with Gasteiger partial charge in [-0.25, -0.2) is 0 Å². The maximum atomic E-state index is 13.1. The first kappa shape index (κ1) is 16.4. The van der Waals surface area contributed by atoms with E-state index in [-0.39, 0.29) is 18.1 Å². The van der Waals surface area contributed by atoms with Gasteiger partial charge in [-0.05, 0) is 59.1 Å². The van der Waals surface area contributed by atoms with Crippen LogP contribution >= 0.6 is 27.3 Å². The molecule has 3 heterocycles. The molecule has 1 aromatic heterocycles. The molecule has 3 atom stereocenters. The van der Waals surface area contributed by atoms with E-state index in [0.29, 0.717) is 12.2 Å². The van der Waals surface area contributed by atoms with Crippen molar-refractivity contribution in [3.8, 4) is 0 Å². The Morgan fingerprint density at radius 3 is 2.75 bits per heavy atom. The van der Waals surface area contributed by atoms with Crippen LogP contribution < -0.4 is 5.32 Å². The number of ether oxygens (including phenoxy) is 1. The smallest absolute Gasteiger partial charge is 0.377 e. The van der Waals surface area contributed by atoms with Crippen molar-refractivity contribution in [2.75, 3.05) is 11.9 Å². The zero-order chi connectivity index (χ0) is 16.9. The van der Waals surface area contributed by atoms with Crippen LogP contribution in [0.25, 0.3) is 0 Å². The Hall–Kier alpha value is -1.05. The zero-order valence-electron chi connectivity index (χ0n) is 12.6. The summed E-state index contributed by atoms with van der Waals surface area (Å²) in [7, 11) is 0. The first-order chi connectivity index (χ1) is 11.4. The summed E-state index contributed by atoms with van der Waals surface area (Å²) < 4.78 is 46.2. The summed E-state index contributed by atoms with van der Waals surface area (Å²) in [6.07, 6.45) is -2.76. The molecule has 2 aromatic rings. The molecule has 0 radical (unpaired) electrons. The van der Waals surface area contributed by atoms with Crippen LogP contribution in [0, 0.1) is 5.92 Å². The lowest BCUT2D eigenvalue weighted by Crippen LogP contribution is -2.35. The van der Waals surface area contributed by atoms with Crippen LogP contribution in [0.5, 0.6) is 0 Å². The number of benzene rings is 1. The summed E-state index contributed by atoms with van der Waals surface area (Å²) in [6.45, 7) is 0.595. The number of halogens is 4. The van der Waals surface area contributed by atoms with Crippen molar-refractivity contribution in [1.82, 2.24) is 0 Å². The largest absolute Gasteiger partial charge is 0.416 e. The van der Waals surface area contributed by atoms with Crippen LogP contribution in [0.1, 0.15) is 41.0 Å². The molecule has 128 valence electrons. The third kappa shape index (κ3) is 2.86. The molecular weight excluding hydrogens is 403 g/mol. The van der Waals surface area contributed by atoms with Crippen molar-refractivity contribution in [3.63, 3.8) is 0 Å². The lowest BCUT2D eigenvalue weighted by atomic mass is 9.79. The van der Waals surface area contributed by atoms with Crippen LogP contribution in [-0.2, 0) is 10.9 Å². The molecular formula is C17H15BrF3NOS. The Kier molecular flexibility index (Phi) is 4.13. The highest BCUT2D eigenvalue weighted by molar-refractivity contribution is 9.11.